The number of halogens is 1. The summed E-state index contributed by atoms with van der Waals surface area (Å²) in [6.45, 7) is 1.54. The average molecular weight is 300 g/mol. The lowest BCUT2D eigenvalue weighted by atomic mass is 10.1. The van der Waals surface area contributed by atoms with Crippen LogP contribution in [0.15, 0.2) is 29.4 Å². The monoisotopic (exact) mass is 299 g/mol. The van der Waals surface area contributed by atoms with Crippen LogP contribution in [0.3, 0.4) is 0 Å². The van der Waals surface area contributed by atoms with Crippen LogP contribution < -0.4 is 4.74 Å². The van der Waals surface area contributed by atoms with Gasteiger partial charge in [-0.1, -0.05) is 39.3 Å². The molecule has 0 spiro atoms. The predicted octanol–water partition coefficient (Wildman–Crippen LogP) is 2.55. The van der Waals surface area contributed by atoms with Gasteiger partial charge < -0.3 is 9.57 Å². The highest BCUT2D eigenvalue weighted by molar-refractivity contribution is 9.09. The Bertz CT molecular complexity index is 418. The number of ether oxygens (including phenoxy) is 1. The molecule has 0 aliphatic heterocycles. The van der Waals surface area contributed by atoms with E-state index >= 15 is 0 Å². The molecule has 0 N–H and O–H groups in total. The van der Waals surface area contributed by atoms with Crippen LogP contribution in [0.4, 0.5) is 0 Å². The number of carbonyl (C=O) groups is 1. The van der Waals surface area contributed by atoms with Crippen LogP contribution in [0.25, 0.3) is 0 Å². The maximum atomic E-state index is 11.6. The average Bonchev–Trinajstić information content (AvgIpc) is 2.32. The highest BCUT2D eigenvalue weighted by atomic mass is 79.9. The van der Waals surface area contributed by atoms with Crippen LogP contribution in [-0.4, -0.2) is 24.1 Å². The van der Waals surface area contributed by atoms with E-state index in [1.54, 1.807) is 13.0 Å². The smallest absolute Gasteiger partial charge is 0.361 e. The lowest BCUT2D eigenvalue weighted by molar-refractivity contribution is -0.127. The van der Waals surface area contributed by atoms with Crippen molar-refractivity contribution in [2.45, 2.75) is 13.3 Å². The molecule has 1 rings (SSSR count). The van der Waals surface area contributed by atoms with E-state index in [9.17, 15) is 4.79 Å². The third kappa shape index (κ3) is 4.19. The SMILES string of the molecule is CON=C(C)C(=O)Oc1ccccc1CCBr. The molecule has 5 heteroatoms. The summed E-state index contributed by atoms with van der Waals surface area (Å²) in [5, 5.41) is 4.34. The van der Waals surface area contributed by atoms with E-state index in [2.05, 4.69) is 25.9 Å². The van der Waals surface area contributed by atoms with Crippen LogP contribution in [0.2, 0.25) is 0 Å². The molecule has 0 atom stereocenters. The summed E-state index contributed by atoms with van der Waals surface area (Å²) >= 11 is 3.36. The molecule has 92 valence electrons. The number of carbonyl (C=O) groups excluding carboxylic acids is 1. The van der Waals surface area contributed by atoms with E-state index in [1.165, 1.54) is 7.11 Å². The van der Waals surface area contributed by atoms with Crippen molar-refractivity contribution < 1.29 is 14.4 Å². The molecule has 0 fully saturated rings. The Kier molecular flexibility index (Phi) is 5.69. The minimum absolute atomic E-state index is 0.182. The number of benzene rings is 1. The molecule has 17 heavy (non-hydrogen) atoms. The number of hydrogen-bond acceptors (Lipinski definition) is 4. The summed E-state index contributed by atoms with van der Waals surface area (Å²) in [4.78, 5) is 16.1. The van der Waals surface area contributed by atoms with Gasteiger partial charge in [0.2, 0.25) is 0 Å². The van der Waals surface area contributed by atoms with Crippen molar-refractivity contribution in [3.05, 3.63) is 29.8 Å². The largest absolute Gasteiger partial charge is 0.422 e. The first-order chi connectivity index (χ1) is 8.19. The maximum Gasteiger partial charge on any atom is 0.361 e. The second kappa shape index (κ2) is 7.06. The fourth-order valence-corrected chi connectivity index (χ4v) is 1.69. The van der Waals surface area contributed by atoms with Crippen LogP contribution in [0.5, 0.6) is 5.75 Å². The maximum absolute atomic E-state index is 11.6. The Morgan fingerprint density at radius 3 is 2.76 bits per heavy atom. The van der Waals surface area contributed by atoms with Crippen molar-refractivity contribution in [2.75, 3.05) is 12.4 Å². The second-order valence-electron chi connectivity index (χ2n) is 3.30. The van der Waals surface area contributed by atoms with Crippen molar-refractivity contribution in [3.63, 3.8) is 0 Å². The molecule has 0 aliphatic carbocycles. The molecule has 0 heterocycles. The van der Waals surface area contributed by atoms with E-state index in [0.29, 0.717) is 5.75 Å². The standard InChI is InChI=1S/C12H14BrNO3/c1-9(14-16-2)12(15)17-11-6-4-3-5-10(11)7-8-13/h3-6H,7-8H2,1-2H3. The summed E-state index contributed by atoms with van der Waals surface area (Å²) < 4.78 is 5.24. The van der Waals surface area contributed by atoms with E-state index in [1.807, 2.05) is 18.2 Å². The van der Waals surface area contributed by atoms with Gasteiger partial charge in [-0.15, -0.1) is 0 Å². The van der Waals surface area contributed by atoms with Gasteiger partial charge >= 0.3 is 5.97 Å². The zero-order chi connectivity index (χ0) is 12.7. The van der Waals surface area contributed by atoms with Crippen LogP contribution in [0, 0.1) is 0 Å². The van der Waals surface area contributed by atoms with Crippen molar-refractivity contribution in [2.24, 2.45) is 5.16 Å². The summed E-state index contributed by atoms with van der Waals surface area (Å²) in [6.07, 6.45) is 0.796. The molecule has 0 bridgehead atoms. The molecule has 0 aliphatic rings. The molecule has 0 aromatic heterocycles. The van der Waals surface area contributed by atoms with Gasteiger partial charge in [0.05, 0.1) is 0 Å². The van der Waals surface area contributed by atoms with Gasteiger partial charge in [-0.05, 0) is 25.0 Å². The molecule has 0 saturated heterocycles. The second-order valence-corrected chi connectivity index (χ2v) is 4.09. The number of aryl methyl sites for hydroxylation is 1. The first kappa shape index (κ1) is 13.7. The Balaban J connectivity index is 2.81. The van der Waals surface area contributed by atoms with Crippen LogP contribution >= 0.6 is 15.9 Å². The number of alkyl halides is 1. The van der Waals surface area contributed by atoms with Gasteiger partial charge in [0.25, 0.3) is 0 Å². The number of oxime groups is 1. The van der Waals surface area contributed by atoms with Crippen LogP contribution in [0.1, 0.15) is 12.5 Å². The number of rotatable bonds is 5. The van der Waals surface area contributed by atoms with E-state index in [-0.39, 0.29) is 5.71 Å². The Hall–Kier alpha value is -1.36. The zero-order valence-electron chi connectivity index (χ0n) is 9.77. The van der Waals surface area contributed by atoms with Gasteiger partial charge in [0.1, 0.15) is 12.9 Å². The first-order valence-electron chi connectivity index (χ1n) is 5.12. The van der Waals surface area contributed by atoms with Gasteiger partial charge in [0, 0.05) is 5.33 Å². The van der Waals surface area contributed by atoms with E-state index in [0.717, 1.165) is 17.3 Å². The predicted molar refractivity (Wildman–Crippen MR) is 69.7 cm³/mol. The number of nitrogens with zero attached hydrogens (tertiary/aromatic N) is 1. The number of esters is 1. The molecule has 1 aromatic carbocycles. The number of hydrogen-bond donors (Lipinski definition) is 0. The lowest BCUT2D eigenvalue weighted by Crippen LogP contribution is -2.18. The molecule has 1 aromatic rings. The highest BCUT2D eigenvalue weighted by Gasteiger charge is 2.12. The van der Waals surface area contributed by atoms with Crippen molar-refractivity contribution >= 4 is 27.6 Å². The third-order valence-corrected chi connectivity index (χ3v) is 2.46. The molecule has 0 amide bonds. The molecular weight excluding hydrogens is 286 g/mol. The summed E-state index contributed by atoms with van der Waals surface area (Å²) in [5.74, 6) is 0.0523. The van der Waals surface area contributed by atoms with Crippen LogP contribution in [-0.2, 0) is 16.1 Å². The lowest BCUT2D eigenvalue weighted by Gasteiger charge is -2.08. The van der Waals surface area contributed by atoms with Gasteiger partial charge in [-0.2, -0.15) is 0 Å². The summed E-state index contributed by atoms with van der Waals surface area (Å²) in [6, 6.07) is 7.41. The van der Waals surface area contributed by atoms with Gasteiger partial charge in [-0.3, -0.25) is 0 Å². The minimum atomic E-state index is -0.506. The minimum Gasteiger partial charge on any atom is -0.422 e. The van der Waals surface area contributed by atoms with E-state index < -0.39 is 5.97 Å². The third-order valence-electron chi connectivity index (χ3n) is 2.06. The summed E-state index contributed by atoms with van der Waals surface area (Å²) in [7, 11) is 1.38. The molecule has 0 radical (unpaired) electrons. The highest BCUT2D eigenvalue weighted by Crippen LogP contribution is 2.19. The molecule has 0 unspecified atom stereocenters. The first-order valence-corrected chi connectivity index (χ1v) is 6.25. The van der Waals surface area contributed by atoms with E-state index in [4.69, 9.17) is 4.74 Å². The van der Waals surface area contributed by atoms with Gasteiger partial charge in [0.15, 0.2) is 5.71 Å². The quantitative estimate of drug-likeness (QED) is 0.276. The van der Waals surface area contributed by atoms with Gasteiger partial charge in [-0.25, -0.2) is 4.79 Å². The van der Waals surface area contributed by atoms with Crippen molar-refractivity contribution in [1.29, 1.82) is 0 Å². The topological polar surface area (TPSA) is 47.9 Å². The Morgan fingerprint density at radius 1 is 1.41 bits per heavy atom. The van der Waals surface area contributed by atoms with Crippen molar-refractivity contribution in [1.82, 2.24) is 0 Å². The molecule has 0 saturated carbocycles. The normalized spacial score (nSPS) is 11.1. The Labute approximate surface area is 109 Å². The zero-order valence-corrected chi connectivity index (χ0v) is 11.4. The molecular formula is C12H14BrNO3. The summed E-state index contributed by atoms with van der Waals surface area (Å²) in [5.41, 5.74) is 1.16. The Morgan fingerprint density at radius 2 is 2.12 bits per heavy atom. The number of para-hydroxylation sites is 1. The fraction of sp³-hybridized carbons (Fsp3) is 0.333. The van der Waals surface area contributed by atoms with Crippen molar-refractivity contribution in [3.8, 4) is 5.75 Å². The molecule has 4 nitrogen and oxygen atoms in total. The fourth-order valence-electron chi connectivity index (χ4n) is 1.26.